The van der Waals surface area contributed by atoms with Crippen LogP contribution >= 0.6 is 0 Å². The molecule has 0 fully saturated rings. The van der Waals surface area contributed by atoms with Crippen LogP contribution in [0.15, 0.2) is 0 Å². The van der Waals surface area contributed by atoms with Gasteiger partial charge in [0.05, 0.1) is 0 Å². The van der Waals surface area contributed by atoms with Crippen LogP contribution in [0.3, 0.4) is 0 Å². The summed E-state index contributed by atoms with van der Waals surface area (Å²) in [7, 11) is 0. The van der Waals surface area contributed by atoms with Gasteiger partial charge in [0.25, 0.3) is 0 Å². The van der Waals surface area contributed by atoms with Gasteiger partial charge in [-0.05, 0) is 38.6 Å². The lowest BCUT2D eigenvalue weighted by Crippen LogP contribution is -2.24. The largest absolute Gasteiger partial charge is 0.330 e. The highest BCUT2D eigenvalue weighted by atomic mass is 14.6. The Labute approximate surface area is 101 Å². The Bertz CT molecular complexity index is 139. The number of rotatable bonds is 11. The number of unbranched alkanes of at least 4 members (excludes halogenated alkanes) is 2. The van der Waals surface area contributed by atoms with Crippen molar-refractivity contribution >= 4 is 0 Å². The van der Waals surface area contributed by atoms with Crippen LogP contribution in [-0.2, 0) is 0 Å². The molecule has 6 N–H and O–H groups in total. The van der Waals surface area contributed by atoms with E-state index in [1.54, 1.807) is 0 Å². The van der Waals surface area contributed by atoms with Gasteiger partial charge in [0.1, 0.15) is 0 Å². The minimum absolute atomic E-state index is 0.325. The molecule has 98 valence electrons. The molecule has 0 bridgehead atoms. The molecule has 0 aliphatic heterocycles. The average molecular weight is 229 g/mol. The first kappa shape index (κ1) is 15.9. The predicted molar refractivity (Wildman–Crippen MR) is 72.2 cm³/mol. The van der Waals surface area contributed by atoms with Crippen LogP contribution < -0.4 is 17.2 Å². The fraction of sp³-hybridized carbons (Fsp3) is 1.00. The third kappa shape index (κ3) is 10.4. The van der Waals surface area contributed by atoms with Crippen LogP contribution in [0.25, 0.3) is 0 Å². The third-order valence-electron chi connectivity index (χ3n) is 3.11. The zero-order valence-corrected chi connectivity index (χ0v) is 11.0. The predicted octanol–water partition coefficient (Wildman–Crippen LogP) is 2.13. The number of hydrogen-bond donors (Lipinski definition) is 3. The van der Waals surface area contributed by atoms with Crippen molar-refractivity contribution in [2.24, 2.45) is 17.2 Å². The molecule has 0 rings (SSSR count). The maximum atomic E-state index is 6.04. The molecule has 0 amide bonds. The van der Waals surface area contributed by atoms with Crippen molar-refractivity contribution in [1.82, 2.24) is 0 Å². The summed E-state index contributed by atoms with van der Waals surface area (Å²) in [6, 6.07) is 0.708. The highest BCUT2D eigenvalue weighted by Crippen LogP contribution is 2.10. The molecule has 16 heavy (non-hydrogen) atoms. The molecule has 2 unspecified atom stereocenters. The van der Waals surface area contributed by atoms with Gasteiger partial charge < -0.3 is 17.2 Å². The zero-order chi connectivity index (χ0) is 12.2. The highest BCUT2D eigenvalue weighted by Gasteiger charge is 2.05. The second-order valence-corrected chi connectivity index (χ2v) is 4.88. The summed E-state index contributed by atoms with van der Waals surface area (Å²) in [6.45, 7) is 2.98. The summed E-state index contributed by atoms with van der Waals surface area (Å²) in [6.07, 6.45) is 10.5. The van der Waals surface area contributed by atoms with E-state index in [1.165, 1.54) is 32.1 Å². The first-order valence-corrected chi connectivity index (χ1v) is 6.92. The average Bonchev–Trinajstić information content (AvgIpc) is 2.26. The van der Waals surface area contributed by atoms with Gasteiger partial charge in [-0.1, -0.05) is 32.6 Å². The van der Waals surface area contributed by atoms with Crippen LogP contribution in [0, 0.1) is 0 Å². The quantitative estimate of drug-likeness (QED) is 0.475. The van der Waals surface area contributed by atoms with Gasteiger partial charge in [-0.3, -0.25) is 0 Å². The molecule has 0 aromatic rings. The Morgan fingerprint density at radius 3 is 1.75 bits per heavy atom. The van der Waals surface area contributed by atoms with E-state index < -0.39 is 0 Å². The number of hydrogen-bond acceptors (Lipinski definition) is 3. The van der Waals surface area contributed by atoms with Crippen molar-refractivity contribution in [3.05, 3.63) is 0 Å². The van der Waals surface area contributed by atoms with Gasteiger partial charge in [0.15, 0.2) is 0 Å². The van der Waals surface area contributed by atoms with Gasteiger partial charge >= 0.3 is 0 Å². The topological polar surface area (TPSA) is 78.1 Å². The summed E-state index contributed by atoms with van der Waals surface area (Å²) in [5.41, 5.74) is 17.5. The van der Waals surface area contributed by atoms with Gasteiger partial charge in [-0.2, -0.15) is 0 Å². The Kier molecular flexibility index (Phi) is 11.3. The van der Waals surface area contributed by atoms with Crippen LogP contribution in [0.1, 0.15) is 64.7 Å². The molecule has 0 radical (unpaired) electrons. The SMILES string of the molecule is CCCCCC(N)CCCC(N)CCCN. The Hall–Kier alpha value is -0.120. The van der Waals surface area contributed by atoms with Gasteiger partial charge in [-0.15, -0.1) is 0 Å². The minimum atomic E-state index is 0.325. The molecular formula is C13H31N3. The van der Waals surface area contributed by atoms with E-state index in [4.69, 9.17) is 17.2 Å². The van der Waals surface area contributed by atoms with Crippen LogP contribution in [0.4, 0.5) is 0 Å². The molecular weight excluding hydrogens is 198 g/mol. The van der Waals surface area contributed by atoms with Crippen molar-refractivity contribution in [3.63, 3.8) is 0 Å². The van der Waals surface area contributed by atoms with Crippen molar-refractivity contribution < 1.29 is 0 Å². The molecule has 0 aliphatic rings. The summed E-state index contributed by atoms with van der Waals surface area (Å²) in [5, 5.41) is 0. The summed E-state index contributed by atoms with van der Waals surface area (Å²) >= 11 is 0. The molecule has 0 spiro atoms. The van der Waals surface area contributed by atoms with Crippen molar-refractivity contribution in [3.8, 4) is 0 Å². The Morgan fingerprint density at radius 1 is 0.750 bits per heavy atom. The first-order valence-electron chi connectivity index (χ1n) is 6.92. The van der Waals surface area contributed by atoms with Crippen LogP contribution in [0.2, 0.25) is 0 Å². The van der Waals surface area contributed by atoms with Crippen molar-refractivity contribution in [2.45, 2.75) is 76.8 Å². The highest BCUT2D eigenvalue weighted by molar-refractivity contribution is 4.66. The monoisotopic (exact) mass is 229 g/mol. The summed E-state index contributed by atoms with van der Waals surface area (Å²) < 4.78 is 0. The second kappa shape index (κ2) is 11.4. The van der Waals surface area contributed by atoms with E-state index in [0.29, 0.717) is 12.1 Å². The summed E-state index contributed by atoms with van der Waals surface area (Å²) in [4.78, 5) is 0. The van der Waals surface area contributed by atoms with Gasteiger partial charge in [0.2, 0.25) is 0 Å². The van der Waals surface area contributed by atoms with Crippen LogP contribution in [-0.4, -0.2) is 18.6 Å². The maximum Gasteiger partial charge on any atom is 0.00393 e. The molecule has 0 saturated carbocycles. The molecule has 0 aromatic carbocycles. The smallest absolute Gasteiger partial charge is 0.00393 e. The fourth-order valence-electron chi connectivity index (χ4n) is 1.97. The lowest BCUT2D eigenvalue weighted by Gasteiger charge is -2.14. The van der Waals surface area contributed by atoms with Gasteiger partial charge in [0, 0.05) is 12.1 Å². The molecule has 0 aromatic heterocycles. The minimum Gasteiger partial charge on any atom is -0.330 e. The van der Waals surface area contributed by atoms with Crippen molar-refractivity contribution in [2.75, 3.05) is 6.54 Å². The molecule has 2 atom stereocenters. The van der Waals surface area contributed by atoms with E-state index in [0.717, 1.165) is 32.2 Å². The van der Waals surface area contributed by atoms with E-state index in [2.05, 4.69) is 6.92 Å². The first-order chi connectivity index (χ1) is 7.70. The van der Waals surface area contributed by atoms with E-state index in [-0.39, 0.29) is 0 Å². The summed E-state index contributed by atoms with van der Waals surface area (Å²) in [5.74, 6) is 0. The number of nitrogens with two attached hydrogens (primary N) is 3. The standard InChI is InChI=1S/C13H31N3/c1-2-3-4-7-12(15)8-5-9-13(16)10-6-11-14/h12-13H,2-11,14-16H2,1H3. The Morgan fingerprint density at radius 2 is 1.25 bits per heavy atom. The molecule has 0 heterocycles. The maximum absolute atomic E-state index is 6.04. The molecule has 0 saturated heterocycles. The third-order valence-corrected chi connectivity index (χ3v) is 3.11. The van der Waals surface area contributed by atoms with Crippen LogP contribution in [0.5, 0.6) is 0 Å². The lowest BCUT2D eigenvalue weighted by atomic mass is 10.00. The normalized spacial score (nSPS) is 15.0. The van der Waals surface area contributed by atoms with E-state index in [1.807, 2.05) is 0 Å². The fourth-order valence-corrected chi connectivity index (χ4v) is 1.97. The van der Waals surface area contributed by atoms with Gasteiger partial charge in [-0.25, -0.2) is 0 Å². The van der Waals surface area contributed by atoms with E-state index >= 15 is 0 Å². The molecule has 3 nitrogen and oxygen atoms in total. The van der Waals surface area contributed by atoms with E-state index in [9.17, 15) is 0 Å². The van der Waals surface area contributed by atoms with Crippen molar-refractivity contribution in [1.29, 1.82) is 0 Å². The lowest BCUT2D eigenvalue weighted by molar-refractivity contribution is 0.467. The molecule has 3 heteroatoms. The zero-order valence-electron chi connectivity index (χ0n) is 11.0. The Balaban J connectivity index is 3.28. The molecule has 0 aliphatic carbocycles. The second-order valence-electron chi connectivity index (χ2n) is 4.88.